The number of aliphatic imine (C=N–C) groups is 1. The molecule has 0 N–H and O–H groups in total. The summed E-state index contributed by atoms with van der Waals surface area (Å²) in [5, 5.41) is 0. The molecule has 2 saturated heterocycles. The summed E-state index contributed by atoms with van der Waals surface area (Å²) in [7, 11) is 0. The highest BCUT2D eigenvalue weighted by molar-refractivity contribution is 6.02. The second kappa shape index (κ2) is 13.9. The van der Waals surface area contributed by atoms with Gasteiger partial charge in [-0.25, -0.2) is 8.78 Å². The standard InChI is InChI=1S/C36H40F2N4O2/c37-31-9-5-28(6-10-31)34(43)24-40-17-13-26(14-18-40)21-39-36-33-4-2-1-3-30(33)23-42(36)22-27-15-19-41(20-16-27)25-35(44)29-7-11-32(38)12-8-29/h1-12,26-27H,13-25H2. The third-order valence-electron chi connectivity index (χ3n) is 9.38. The molecule has 0 radical (unpaired) electrons. The van der Waals surface area contributed by atoms with Crippen molar-refractivity contribution in [2.75, 3.05) is 52.4 Å². The molecule has 3 heterocycles. The van der Waals surface area contributed by atoms with Gasteiger partial charge in [-0.3, -0.25) is 24.4 Å². The third kappa shape index (κ3) is 7.48. The van der Waals surface area contributed by atoms with Crippen molar-refractivity contribution < 1.29 is 18.4 Å². The van der Waals surface area contributed by atoms with Crippen molar-refractivity contribution in [3.8, 4) is 0 Å². The lowest BCUT2D eigenvalue weighted by Crippen LogP contribution is -2.41. The van der Waals surface area contributed by atoms with Gasteiger partial charge in [0.05, 0.1) is 13.1 Å². The molecule has 0 atom stereocenters. The van der Waals surface area contributed by atoms with Gasteiger partial charge in [-0.05, 0) is 118 Å². The first-order valence-electron chi connectivity index (χ1n) is 15.8. The van der Waals surface area contributed by atoms with Crippen LogP contribution in [-0.4, -0.2) is 84.5 Å². The lowest BCUT2D eigenvalue weighted by Gasteiger charge is -2.34. The number of ketones is 2. The lowest BCUT2D eigenvalue weighted by molar-refractivity contribution is 0.0885. The van der Waals surface area contributed by atoms with Crippen LogP contribution in [0.15, 0.2) is 77.8 Å². The van der Waals surface area contributed by atoms with Gasteiger partial charge < -0.3 is 4.90 Å². The van der Waals surface area contributed by atoms with Crippen molar-refractivity contribution in [1.82, 2.24) is 14.7 Å². The number of piperidine rings is 2. The molecule has 0 unspecified atom stereocenters. The van der Waals surface area contributed by atoms with Crippen LogP contribution in [0.1, 0.15) is 57.5 Å². The van der Waals surface area contributed by atoms with E-state index in [1.807, 2.05) is 0 Å². The molecule has 3 aliphatic rings. The van der Waals surface area contributed by atoms with E-state index in [0.29, 0.717) is 36.1 Å². The first-order valence-corrected chi connectivity index (χ1v) is 15.8. The molecular formula is C36H40F2N4O2. The Morgan fingerprint density at radius 2 is 1.18 bits per heavy atom. The maximum Gasteiger partial charge on any atom is 0.176 e. The number of carbonyl (C=O) groups excluding carboxylic acids is 2. The van der Waals surface area contributed by atoms with Crippen molar-refractivity contribution in [2.45, 2.75) is 32.2 Å². The van der Waals surface area contributed by atoms with E-state index in [2.05, 4.69) is 39.0 Å². The summed E-state index contributed by atoms with van der Waals surface area (Å²) in [6.07, 6.45) is 4.08. The Hall–Kier alpha value is -3.75. The molecule has 3 aromatic rings. The van der Waals surface area contributed by atoms with Crippen molar-refractivity contribution in [3.05, 3.63) is 107 Å². The minimum atomic E-state index is -0.328. The molecule has 6 rings (SSSR count). The Bertz CT molecular complexity index is 1470. The zero-order valence-electron chi connectivity index (χ0n) is 25.1. The quantitative estimate of drug-likeness (QED) is 0.280. The predicted molar refractivity (Wildman–Crippen MR) is 168 cm³/mol. The largest absolute Gasteiger partial charge is 0.352 e. The zero-order valence-corrected chi connectivity index (χ0v) is 25.1. The number of halogens is 2. The maximum absolute atomic E-state index is 13.2. The zero-order chi connectivity index (χ0) is 30.5. The first-order chi connectivity index (χ1) is 21.4. The topological polar surface area (TPSA) is 56.2 Å². The molecule has 44 heavy (non-hydrogen) atoms. The van der Waals surface area contributed by atoms with Crippen LogP contribution in [0.3, 0.4) is 0 Å². The predicted octanol–water partition coefficient (Wildman–Crippen LogP) is 5.72. The van der Waals surface area contributed by atoms with Crippen molar-refractivity contribution in [3.63, 3.8) is 0 Å². The Kier molecular flexibility index (Phi) is 9.57. The van der Waals surface area contributed by atoms with E-state index in [-0.39, 0.29) is 23.2 Å². The Balaban J connectivity index is 1.000. The van der Waals surface area contributed by atoms with Crippen molar-refractivity contribution >= 4 is 17.4 Å². The highest BCUT2D eigenvalue weighted by atomic mass is 19.1. The highest BCUT2D eigenvalue weighted by Gasteiger charge is 2.30. The molecule has 3 aliphatic heterocycles. The van der Waals surface area contributed by atoms with Crippen LogP contribution in [0.5, 0.6) is 0 Å². The lowest BCUT2D eigenvalue weighted by atomic mass is 9.95. The van der Waals surface area contributed by atoms with E-state index >= 15 is 0 Å². The number of hydrogen-bond acceptors (Lipinski definition) is 5. The molecule has 0 bridgehead atoms. The number of hydrogen-bond donors (Lipinski definition) is 0. The summed E-state index contributed by atoms with van der Waals surface area (Å²) in [4.78, 5) is 37.4. The van der Waals surface area contributed by atoms with E-state index in [1.54, 1.807) is 24.3 Å². The minimum absolute atomic E-state index is 0.0345. The summed E-state index contributed by atoms with van der Waals surface area (Å²) in [5.41, 5.74) is 3.68. The fourth-order valence-corrected chi connectivity index (χ4v) is 6.71. The SMILES string of the molecule is O=C(CN1CCC(CN=C2c3ccccc3CN2CC2CCN(CC(=O)c3ccc(F)cc3)CC2)CC1)c1ccc(F)cc1. The van der Waals surface area contributed by atoms with Crippen molar-refractivity contribution in [2.24, 2.45) is 16.8 Å². The van der Waals surface area contributed by atoms with Crippen LogP contribution in [0.25, 0.3) is 0 Å². The van der Waals surface area contributed by atoms with E-state index in [1.165, 1.54) is 35.4 Å². The Morgan fingerprint density at radius 3 is 1.73 bits per heavy atom. The highest BCUT2D eigenvalue weighted by Crippen LogP contribution is 2.28. The van der Waals surface area contributed by atoms with E-state index in [9.17, 15) is 18.4 Å². The normalized spacial score (nSPS) is 19.4. The monoisotopic (exact) mass is 598 g/mol. The molecule has 0 aromatic heterocycles. The van der Waals surface area contributed by atoms with Gasteiger partial charge in [-0.15, -0.1) is 0 Å². The fraction of sp³-hybridized carbons (Fsp3) is 0.417. The van der Waals surface area contributed by atoms with Crippen LogP contribution in [0.4, 0.5) is 8.78 Å². The molecule has 3 aromatic carbocycles. The second-order valence-electron chi connectivity index (χ2n) is 12.5. The molecular weight excluding hydrogens is 558 g/mol. The number of Topliss-reactive ketones (excluding diaryl/α,β-unsaturated/α-hetero) is 2. The fourth-order valence-electron chi connectivity index (χ4n) is 6.71. The molecule has 0 saturated carbocycles. The first kappa shape index (κ1) is 30.3. The number of rotatable bonds is 10. The average molecular weight is 599 g/mol. The van der Waals surface area contributed by atoms with Crippen LogP contribution in [-0.2, 0) is 6.54 Å². The second-order valence-corrected chi connectivity index (χ2v) is 12.5. The van der Waals surface area contributed by atoms with Gasteiger partial charge in [-0.1, -0.05) is 24.3 Å². The molecule has 6 nitrogen and oxygen atoms in total. The number of likely N-dealkylation sites (tertiary alicyclic amines) is 2. The molecule has 230 valence electrons. The molecule has 0 aliphatic carbocycles. The summed E-state index contributed by atoms with van der Waals surface area (Å²) >= 11 is 0. The number of carbonyl (C=O) groups is 2. The minimum Gasteiger partial charge on any atom is -0.352 e. The maximum atomic E-state index is 13.2. The van der Waals surface area contributed by atoms with Gasteiger partial charge in [0.15, 0.2) is 11.6 Å². The van der Waals surface area contributed by atoms with Gasteiger partial charge >= 0.3 is 0 Å². The number of fused-ring (bicyclic) bond motifs is 1. The Morgan fingerprint density at radius 1 is 0.682 bits per heavy atom. The Labute approximate surface area is 258 Å². The smallest absolute Gasteiger partial charge is 0.176 e. The summed E-state index contributed by atoms with van der Waals surface area (Å²) in [5.74, 6) is 1.54. The van der Waals surface area contributed by atoms with Crippen molar-refractivity contribution in [1.29, 1.82) is 0 Å². The van der Waals surface area contributed by atoms with E-state index in [0.717, 1.165) is 77.3 Å². The van der Waals surface area contributed by atoms with Gasteiger partial charge in [0.25, 0.3) is 0 Å². The molecule has 2 fully saturated rings. The van der Waals surface area contributed by atoms with Crippen LogP contribution in [0, 0.1) is 23.5 Å². The summed E-state index contributed by atoms with van der Waals surface area (Å²) < 4.78 is 26.4. The van der Waals surface area contributed by atoms with Crippen LogP contribution in [0.2, 0.25) is 0 Å². The van der Waals surface area contributed by atoms with Gasteiger partial charge in [0.1, 0.15) is 17.5 Å². The van der Waals surface area contributed by atoms with Crippen LogP contribution < -0.4 is 0 Å². The number of amidine groups is 1. The molecule has 0 spiro atoms. The molecule has 0 amide bonds. The number of benzene rings is 3. The molecule has 8 heteroatoms. The third-order valence-corrected chi connectivity index (χ3v) is 9.38. The average Bonchev–Trinajstić information content (AvgIpc) is 3.39. The number of nitrogens with zero attached hydrogens (tertiary/aromatic N) is 4. The van der Waals surface area contributed by atoms with E-state index < -0.39 is 0 Å². The summed E-state index contributed by atoms with van der Waals surface area (Å²) in [6.45, 7) is 6.85. The van der Waals surface area contributed by atoms with Crippen LogP contribution >= 0.6 is 0 Å². The van der Waals surface area contributed by atoms with Gasteiger partial charge in [0.2, 0.25) is 0 Å². The van der Waals surface area contributed by atoms with E-state index in [4.69, 9.17) is 4.99 Å². The summed E-state index contributed by atoms with van der Waals surface area (Å²) in [6, 6.07) is 20.2. The van der Waals surface area contributed by atoms with Gasteiger partial charge in [-0.2, -0.15) is 0 Å². The van der Waals surface area contributed by atoms with Gasteiger partial charge in [0, 0.05) is 36.3 Å².